The lowest BCUT2D eigenvalue weighted by molar-refractivity contribution is -0.917. The quantitative estimate of drug-likeness (QED) is 0.714. The first-order valence-electron chi connectivity index (χ1n) is 11.5. The number of nitrogens with zero attached hydrogens (tertiary/aromatic N) is 2. The van der Waals surface area contributed by atoms with Crippen molar-refractivity contribution in [2.24, 2.45) is 0 Å². The zero-order chi connectivity index (χ0) is 20.8. The third kappa shape index (κ3) is 3.68. The smallest absolute Gasteiger partial charge is 0.255 e. The number of piperazine rings is 1. The average molecular weight is 415 g/mol. The van der Waals surface area contributed by atoms with Crippen molar-refractivity contribution in [2.75, 3.05) is 32.8 Å². The lowest BCUT2D eigenvalue weighted by atomic mass is 10.0. The molecule has 2 aromatic carbocycles. The van der Waals surface area contributed by atoms with Crippen LogP contribution in [0.3, 0.4) is 0 Å². The Morgan fingerprint density at radius 1 is 1.10 bits per heavy atom. The summed E-state index contributed by atoms with van der Waals surface area (Å²) in [5, 5.41) is 0.979. The van der Waals surface area contributed by atoms with Gasteiger partial charge in [-0.25, -0.2) is 0 Å². The van der Waals surface area contributed by atoms with E-state index in [2.05, 4.69) is 24.3 Å². The van der Waals surface area contributed by atoms with Crippen LogP contribution in [0.1, 0.15) is 45.9 Å². The number of hydrogen-bond acceptors (Lipinski definition) is 3. The van der Waals surface area contributed by atoms with Gasteiger partial charge in [0.1, 0.15) is 12.3 Å². The van der Waals surface area contributed by atoms with Crippen LogP contribution in [0.5, 0.6) is 5.75 Å². The number of quaternary nitrogens is 1. The molecule has 3 heterocycles. The molecule has 0 bridgehead atoms. The summed E-state index contributed by atoms with van der Waals surface area (Å²) < 4.78 is 5.63. The molecular weight excluding hydrogens is 386 g/mol. The fourth-order valence-corrected chi connectivity index (χ4v) is 4.97. The number of aromatic nitrogens is 1. The maximum Gasteiger partial charge on any atom is 0.255 e. The summed E-state index contributed by atoms with van der Waals surface area (Å²) in [5.41, 5.74) is 5.57. The molecule has 0 unspecified atom stereocenters. The number of para-hydroxylation sites is 1. The van der Waals surface area contributed by atoms with Crippen LogP contribution in [0.25, 0.3) is 10.9 Å². The van der Waals surface area contributed by atoms with Gasteiger partial charge in [-0.2, -0.15) is 0 Å². The van der Waals surface area contributed by atoms with Crippen molar-refractivity contribution in [3.63, 3.8) is 0 Å². The molecule has 0 radical (unpaired) electrons. The SMILES string of the molecule is O=C(c1cc(C2CC2)nc2ccccc12)N1CC[NH+](Cc2ccc3c(c2)CCO3)CC1. The molecule has 158 valence electrons. The summed E-state index contributed by atoms with van der Waals surface area (Å²) in [4.78, 5) is 21.9. The number of ether oxygens (including phenoxy) is 1. The van der Waals surface area contributed by atoms with Crippen molar-refractivity contribution >= 4 is 16.8 Å². The number of amides is 1. The lowest BCUT2D eigenvalue weighted by Crippen LogP contribution is -3.13. The molecule has 5 nitrogen and oxygen atoms in total. The number of nitrogens with one attached hydrogen (secondary N) is 1. The highest BCUT2D eigenvalue weighted by Crippen LogP contribution is 2.40. The molecule has 1 saturated carbocycles. The van der Waals surface area contributed by atoms with Crippen LogP contribution in [0.2, 0.25) is 0 Å². The van der Waals surface area contributed by atoms with Gasteiger partial charge in [-0.15, -0.1) is 0 Å². The second-order valence-corrected chi connectivity index (χ2v) is 9.15. The van der Waals surface area contributed by atoms with Crippen molar-refractivity contribution in [1.29, 1.82) is 0 Å². The van der Waals surface area contributed by atoms with E-state index in [4.69, 9.17) is 9.72 Å². The average Bonchev–Trinajstić information content (AvgIpc) is 3.56. The Labute approximate surface area is 182 Å². The van der Waals surface area contributed by atoms with E-state index in [1.54, 1.807) is 4.90 Å². The fraction of sp³-hybridized carbons (Fsp3) is 0.385. The van der Waals surface area contributed by atoms with Gasteiger partial charge in [0.15, 0.2) is 0 Å². The first kappa shape index (κ1) is 18.8. The lowest BCUT2D eigenvalue weighted by Gasteiger charge is -2.32. The maximum absolute atomic E-state index is 13.5. The van der Waals surface area contributed by atoms with Crippen LogP contribution in [-0.2, 0) is 13.0 Å². The monoisotopic (exact) mass is 414 g/mol. The van der Waals surface area contributed by atoms with Crippen molar-refractivity contribution < 1.29 is 14.4 Å². The minimum atomic E-state index is 0.161. The van der Waals surface area contributed by atoms with Crippen LogP contribution >= 0.6 is 0 Å². The van der Waals surface area contributed by atoms with Crippen molar-refractivity contribution in [3.8, 4) is 5.75 Å². The largest absolute Gasteiger partial charge is 0.493 e. The summed E-state index contributed by atoms with van der Waals surface area (Å²) in [6, 6.07) is 16.7. The van der Waals surface area contributed by atoms with E-state index in [1.165, 1.54) is 24.0 Å². The van der Waals surface area contributed by atoms with E-state index in [1.807, 2.05) is 29.2 Å². The van der Waals surface area contributed by atoms with Gasteiger partial charge in [0.25, 0.3) is 5.91 Å². The Bertz CT molecular complexity index is 1150. The Balaban J connectivity index is 1.16. The predicted molar refractivity (Wildman–Crippen MR) is 120 cm³/mol. The van der Waals surface area contributed by atoms with E-state index in [0.717, 1.165) is 73.7 Å². The summed E-state index contributed by atoms with van der Waals surface area (Å²) in [7, 11) is 0. The Kier molecular flexibility index (Phi) is 4.64. The van der Waals surface area contributed by atoms with Gasteiger partial charge in [0.05, 0.1) is 43.9 Å². The van der Waals surface area contributed by atoms with Gasteiger partial charge >= 0.3 is 0 Å². The number of fused-ring (bicyclic) bond motifs is 2. The molecule has 5 heteroatoms. The first-order valence-corrected chi connectivity index (χ1v) is 11.5. The molecule has 0 atom stereocenters. The molecule has 2 fully saturated rings. The third-order valence-corrected chi connectivity index (χ3v) is 6.93. The molecule has 1 aromatic heterocycles. The summed E-state index contributed by atoms with van der Waals surface area (Å²) >= 11 is 0. The van der Waals surface area contributed by atoms with Crippen LogP contribution in [0, 0.1) is 0 Å². The molecule has 1 saturated heterocycles. The minimum absolute atomic E-state index is 0.161. The Morgan fingerprint density at radius 2 is 1.94 bits per heavy atom. The van der Waals surface area contributed by atoms with E-state index in [-0.39, 0.29) is 5.91 Å². The van der Waals surface area contributed by atoms with Gasteiger partial charge in [0, 0.05) is 29.0 Å². The number of rotatable bonds is 4. The molecule has 0 spiro atoms. The second kappa shape index (κ2) is 7.65. The first-order chi connectivity index (χ1) is 15.2. The van der Waals surface area contributed by atoms with Crippen LogP contribution < -0.4 is 9.64 Å². The molecule has 3 aromatic rings. The second-order valence-electron chi connectivity index (χ2n) is 9.15. The molecule has 2 aliphatic heterocycles. The standard InChI is InChI=1S/C26H27N3O2/c30-26(22-16-24(19-6-7-19)27-23-4-2-1-3-21(22)23)29-12-10-28(11-13-29)17-18-5-8-25-20(15-18)9-14-31-25/h1-5,8,15-16,19H,6-7,9-14,17H2/p+1. The highest BCUT2D eigenvalue weighted by atomic mass is 16.5. The highest BCUT2D eigenvalue weighted by Gasteiger charge is 2.30. The van der Waals surface area contributed by atoms with E-state index in [9.17, 15) is 4.79 Å². The predicted octanol–water partition coefficient (Wildman–Crippen LogP) is 2.59. The van der Waals surface area contributed by atoms with E-state index < -0.39 is 0 Å². The van der Waals surface area contributed by atoms with Gasteiger partial charge in [0.2, 0.25) is 0 Å². The molecule has 6 rings (SSSR count). The summed E-state index contributed by atoms with van der Waals surface area (Å²) in [6.07, 6.45) is 3.40. The Hall–Kier alpha value is -2.92. The van der Waals surface area contributed by atoms with Gasteiger partial charge < -0.3 is 14.5 Å². The van der Waals surface area contributed by atoms with Crippen LogP contribution in [-0.4, -0.2) is 48.6 Å². The molecule has 1 amide bonds. The molecule has 1 N–H and O–H groups in total. The summed E-state index contributed by atoms with van der Waals surface area (Å²) in [5.74, 6) is 1.74. The number of benzene rings is 2. The molecular formula is C26H28N3O2+. The van der Waals surface area contributed by atoms with Gasteiger partial charge in [-0.05, 0) is 48.7 Å². The van der Waals surface area contributed by atoms with Gasteiger partial charge in [-0.1, -0.05) is 18.2 Å². The van der Waals surface area contributed by atoms with Crippen molar-refractivity contribution in [1.82, 2.24) is 9.88 Å². The fourth-order valence-electron chi connectivity index (χ4n) is 4.97. The van der Waals surface area contributed by atoms with E-state index in [0.29, 0.717) is 5.92 Å². The minimum Gasteiger partial charge on any atom is -0.493 e. The van der Waals surface area contributed by atoms with E-state index >= 15 is 0 Å². The van der Waals surface area contributed by atoms with Gasteiger partial charge in [-0.3, -0.25) is 9.78 Å². The van der Waals surface area contributed by atoms with Crippen LogP contribution in [0.15, 0.2) is 48.5 Å². The van der Waals surface area contributed by atoms with Crippen LogP contribution in [0.4, 0.5) is 0 Å². The molecule has 31 heavy (non-hydrogen) atoms. The topological polar surface area (TPSA) is 46.9 Å². The molecule has 3 aliphatic rings. The van der Waals surface area contributed by atoms with Crippen molar-refractivity contribution in [2.45, 2.75) is 31.7 Å². The zero-order valence-electron chi connectivity index (χ0n) is 17.8. The maximum atomic E-state index is 13.5. The summed E-state index contributed by atoms with van der Waals surface area (Å²) in [6.45, 7) is 5.39. The molecule has 1 aliphatic carbocycles. The van der Waals surface area contributed by atoms with Crippen molar-refractivity contribution in [3.05, 3.63) is 70.9 Å². The highest BCUT2D eigenvalue weighted by molar-refractivity contribution is 6.06. The normalized spacial score (nSPS) is 18.8. The number of carbonyl (C=O) groups is 1. The third-order valence-electron chi connectivity index (χ3n) is 6.93. The Morgan fingerprint density at radius 3 is 2.77 bits per heavy atom. The number of hydrogen-bond donors (Lipinski definition) is 1. The number of carbonyl (C=O) groups excluding carboxylic acids is 1. The zero-order valence-corrected chi connectivity index (χ0v) is 17.8. The number of pyridine rings is 1.